The zero-order valence-electron chi connectivity index (χ0n) is 13.7. The normalized spacial score (nSPS) is 16.5. The van der Waals surface area contributed by atoms with E-state index in [1.165, 1.54) is 0 Å². The number of amides is 2. The van der Waals surface area contributed by atoms with Crippen LogP contribution in [0, 0.1) is 6.92 Å². The first kappa shape index (κ1) is 16.5. The highest BCUT2D eigenvalue weighted by Crippen LogP contribution is 2.23. The monoisotopic (exact) mass is 330 g/mol. The van der Waals surface area contributed by atoms with E-state index in [4.69, 9.17) is 9.15 Å². The van der Waals surface area contributed by atoms with Gasteiger partial charge in [-0.05, 0) is 31.2 Å². The van der Waals surface area contributed by atoms with Gasteiger partial charge in [0.15, 0.2) is 0 Å². The lowest BCUT2D eigenvalue weighted by molar-refractivity contribution is 0.0122. The number of nitrogens with zero attached hydrogens (tertiary/aromatic N) is 2. The number of hydrogen-bond donors (Lipinski definition) is 2. The van der Waals surface area contributed by atoms with Crippen LogP contribution < -0.4 is 10.6 Å². The number of carbonyl (C=O) groups excluding carboxylic acids is 1. The summed E-state index contributed by atoms with van der Waals surface area (Å²) < 4.78 is 11.2. The standard InChI is InChI=1S/C17H22N4O3/c1-13-2-3-16(24-13)15(21-8-10-23-11-9-21)12-19-17(22)20-14-4-6-18-7-5-14/h2-7,15H,8-12H2,1H3,(H2,18,19,20,22)/t15-/m0/s1. The largest absolute Gasteiger partial charge is 0.465 e. The van der Waals surface area contributed by atoms with Gasteiger partial charge in [-0.25, -0.2) is 4.79 Å². The van der Waals surface area contributed by atoms with Crippen molar-refractivity contribution >= 4 is 11.7 Å². The van der Waals surface area contributed by atoms with E-state index in [0.29, 0.717) is 25.4 Å². The Morgan fingerprint density at radius 2 is 2.00 bits per heavy atom. The maximum atomic E-state index is 12.1. The van der Waals surface area contributed by atoms with E-state index in [1.807, 2.05) is 19.1 Å². The van der Waals surface area contributed by atoms with Crippen LogP contribution in [0.25, 0.3) is 0 Å². The quantitative estimate of drug-likeness (QED) is 0.878. The highest BCUT2D eigenvalue weighted by atomic mass is 16.5. The first-order chi connectivity index (χ1) is 11.7. The molecule has 3 heterocycles. The second-order valence-corrected chi connectivity index (χ2v) is 5.68. The number of carbonyl (C=O) groups is 1. The summed E-state index contributed by atoms with van der Waals surface area (Å²) in [6, 6.07) is 7.15. The SMILES string of the molecule is Cc1ccc([C@H](CNC(=O)Nc2ccncc2)N2CCOCC2)o1. The second-order valence-electron chi connectivity index (χ2n) is 5.68. The summed E-state index contributed by atoms with van der Waals surface area (Å²) in [5.74, 6) is 1.73. The van der Waals surface area contributed by atoms with Gasteiger partial charge in [0.25, 0.3) is 0 Å². The number of aromatic nitrogens is 1. The molecule has 1 atom stereocenters. The zero-order valence-corrected chi connectivity index (χ0v) is 13.7. The topological polar surface area (TPSA) is 79.6 Å². The minimum atomic E-state index is -0.247. The second kappa shape index (κ2) is 7.94. The van der Waals surface area contributed by atoms with Gasteiger partial charge in [0.2, 0.25) is 0 Å². The summed E-state index contributed by atoms with van der Waals surface area (Å²) in [6.07, 6.45) is 3.27. The maximum Gasteiger partial charge on any atom is 0.319 e. The average Bonchev–Trinajstić information content (AvgIpc) is 3.03. The Labute approximate surface area is 141 Å². The lowest BCUT2D eigenvalue weighted by Crippen LogP contribution is -2.44. The van der Waals surface area contributed by atoms with E-state index < -0.39 is 0 Å². The first-order valence-corrected chi connectivity index (χ1v) is 8.05. The van der Waals surface area contributed by atoms with E-state index in [1.54, 1.807) is 24.5 Å². The van der Waals surface area contributed by atoms with E-state index in [0.717, 1.165) is 24.6 Å². The molecule has 2 N–H and O–H groups in total. The maximum absolute atomic E-state index is 12.1. The first-order valence-electron chi connectivity index (χ1n) is 8.05. The van der Waals surface area contributed by atoms with Crippen LogP contribution in [0.3, 0.4) is 0 Å². The fourth-order valence-electron chi connectivity index (χ4n) is 2.73. The van der Waals surface area contributed by atoms with Crippen LogP contribution in [0.15, 0.2) is 41.1 Å². The summed E-state index contributed by atoms with van der Waals surface area (Å²) >= 11 is 0. The summed E-state index contributed by atoms with van der Waals surface area (Å²) in [5, 5.41) is 5.72. The number of anilines is 1. The van der Waals surface area contributed by atoms with Gasteiger partial charge in [0, 0.05) is 37.7 Å². The predicted octanol–water partition coefficient (Wildman–Crippen LogP) is 2.18. The number of pyridine rings is 1. The molecule has 0 aromatic carbocycles. The molecule has 0 bridgehead atoms. The van der Waals surface area contributed by atoms with Gasteiger partial charge in [-0.3, -0.25) is 9.88 Å². The molecule has 1 aliphatic rings. The van der Waals surface area contributed by atoms with Crippen LogP contribution in [0.2, 0.25) is 0 Å². The molecular weight excluding hydrogens is 308 g/mol. The fraction of sp³-hybridized carbons (Fsp3) is 0.412. The minimum absolute atomic E-state index is 0.00853. The molecule has 1 aliphatic heterocycles. The van der Waals surface area contributed by atoms with Gasteiger partial charge in [-0.15, -0.1) is 0 Å². The molecule has 0 radical (unpaired) electrons. The van der Waals surface area contributed by atoms with E-state index in [-0.39, 0.29) is 12.1 Å². The zero-order chi connectivity index (χ0) is 16.8. The fourth-order valence-corrected chi connectivity index (χ4v) is 2.73. The number of morpholine rings is 1. The Balaban J connectivity index is 1.62. The van der Waals surface area contributed by atoms with Gasteiger partial charge in [-0.1, -0.05) is 0 Å². The summed E-state index contributed by atoms with van der Waals surface area (Å²) in [6.45, 7) is 5.41. The van der Waals surface area contributed by atoms with Crippen molar-refractivity contribution < 1.29 is 13.9 Å². The van der Waals surface area contributed by atoms with E-state index in [9.17, 15) is 4.79 Å². The number of nitrogens with one attached hydrogen (secondary N) is 2. The van der Waals surface area contributed by atoms with Crippen LogP contribution in [0.1, 0.15) is 17.6 Å². The summed E-state index contributed by atoms with van der Waals surface area (Å²) in [7, 11) is 0. The highest BCUT2D eigenvalue weighted by molar-refractivity contribution is 5.89. The minimum Gasteiger partial charge on any atom is -0.465 e. The molecular formula is C17H22N4O3. The summed E-state index contributed by atoms with van der Waals surface area (Å²) in [4.78, 5) is 18.3. The molecule has 0 spiro atoms. The van der Waals surface area contributed by atoms with Crippen LogP contribution >= 0.6 is 0 Å². The molecule has 7 nitrogen and oxygen atoms in total. The number of rotatable bonds is 5. The smallest absolute Gasteiger partial charge is 0.319 e. The van der Waals surface area contributed by atoms with Crippen molar-refractivity contribution in [1.29, 1.82) is 0 Å². The van der Waals surface area contributed by atoms with E-state index >= 15 is 0 Å². The lowest BCUT2D eigenvalue weighted by atomic mass is 10.1. The van der Waals surface area contributed by atoms with Crippen molar-refractivity contribution in [1.82, 2.24) is 15.2 Å². The number of urea groups is 1. The molecule has 0 saturated carbocycles. The Morgan fingerprint density at radius 3 is 2.67 bits per heavy atom. The van der Waals surface area contributed by atoms with Gasteiger partial charge < -0.3 is 19.8 Å². The molecule has 1 saturated heterocycles. The van der Waals surface area contributed by atoms with Crippen molar-refractivity contribution in [3.05, 3.63) is 48.2 Å². The lowest BCUT2D eigenvalue weighted by Gasteiger charge is -2.33. The van der Waals surface area contributed by atoms with Crippen molar-refractivity contribution in [2.24, 2.45) is 0 Å². The molecule has 3 rings (SSSR count). The van der Waals surface area contributed by atoms with Gasteiger partial charge in [0.05, 0.1) is 19.3 Å². The van der Waals surface area contributed by atoms with Crippen molar-refractivity contribution in [3.63, 3.8) is 0 Å². The molecule has 0 unspecified atom stereocenters. The van der Waals surface area contributed by atoms with Crippen molar-refractivity contribution in [2.45, 2.75) is 13.0 Å². The average molecular weight is 330 g/mol. The molecule has 7 heteroatoms. The predicted molar refractivity (Wildman–Crippen MR) is 89.8 cm³/mol. The number of aryl methyl sites for hydroxylation is 1. The third-order valence-corrected chi connectivity index (χ3v) is 3.97. The number of furan rings is 1. The van der Waals surface area contributed by atoms with Gasteiger partial charge in [-0.2, -0.15) is 0 Å². The molecule has 24 heavy (non-hydrogen) atoms. The number of ether oxygens (including phenoxy) is 1. The Morgan fingerprint density at radius 1 is 1.25 bits per heavy atom. The van der Waals surface area contributed by atoms with Crippen molar-refractivity contribution in [3.8, 4) is 0 Å². The van der Waals surface area contributed by atoms with Gasteiger partial charge in [0.1, 0.15) is 11.5 Å². The van der Waals surface area contributed by atoms with Gasteiger partial charge >= 0.3 is 6.03 Å². The van der Waals surface area contributed by atoms with Crippen LogP contribution in [0.4, 0.5) is 10.5 Å². The van der Waals surface area contributed by atoms with Crippen LogP contribution in [0.5, 0.6) is 0 Å². The van der Waals surface area contributed by atoms with Crippen LogP contribution in [-0.2, 0) is 4.74 Å². The Bertz CT molecular complexity index is 653. The highest BCUT2D eigenvalue weighted by Gasteiger charge is 2.25. The van der Waals surface area contributed by atoms with Crippen molar-refractivity contribution in [2.75, 3.05) is 38.2 Å². The molecule has 2 amide bonds. The molecule has 0 aliphatic carbocycles. The number of hydrogen-bond acceptors (Lipinski definition) is 5. The Hall–Kier alpha value is -2.38. The Kier molecular flexibility index (Phi) is 5.45. The third-order valence-electron chi connectivity index (χ3n) is 3.97. The molecule has 2 aromatic rings. The molecule has 128 valence electrons. The van der Waals surface area contributed by atoms with Crippen LogP contribution in [-0.4, -0.2) is 48.8 Å². The van der Waals surface area contributed by atoms with E-state index in [2.05, 4.69) is 20.5 Å². The summed E-state index contributed by atoms with van der Waals surface area (Å²) in [5.41, 5.74) is 0.708. The molecule has 2 aromatic heterocycles. The molecule has 1 fully saturated rings. The third kappa shape index (κ3) is 4.33.